The molecule has 5 rings (SSSR count). The molecule has 2 saturated carbocycles. The van der Waals surface area contributed by atoms with Crippen LogP contribution in [0.1, 0.15) is 81.2 Å². The van der Waals surface area contributed by atoms with Crippen LogP contribution in [0.3, 0.4) is 0 Å². The Kier molecular flexibility index (Phi) is 7.66. The molecule has 1 saturated heterocycles. The van der Waals surface area contributed by atoms with Crippen LogP contribution in [-0.2, 0) is 4.79 Å². The third-order valence-electron chi connectivity index (χ3n) is 7.57. The van der Waals surface area contributed by atoms with Crippen molar-refractivity contribution in [1.82, 2.24) is 9.47 Å². The van der Waals surface area contributed by atoms with Gasteiger partial charge >= 0.3 is 0 Å². The molecule has 0 atom stereocenters. The first-order valence-electron chi connectivity index (χ1n) is 12.9. The zero-order valence-electron chi connectivity index (χ0n) is 20.5. The van der Waals surface area contributed by atoms with Gasteiger partial charge in [0.1, 0.15) is 0 Å². The van der Waals surface area contributed by atoms with Crippen molar-refractivity contribution >= 4 is 52.1 Å². The highest BCUT2D eigenvalue weighted by Gasteiger charge is 2.39. The number of nitrogens with zero attached hydrogens (tertiary/aromatic N) is 3. The molecule has 0 unspecified atom stereocenters. The van der Waals surface area contributed by atoms with E-state index in [0.29, 0.717) is 16.1 Å². The highest BCUT2D eigenvalue weighted by atomic mass is 35.5. The number of amides is 1. The Balaban J connectivity index is 1.50. The summed E-state index contributed by atoms with van der Waals surface area (Å²) in [6.45, 7) is 4.12. The summed E-state index contributed by atoms with van der Waals surface area (Å²) >= 11 is 14.4. The molecule has 186 valence electrons. The van der Waals surface area contributed by atoms with Crippen LogP contribution in [0.2, 0.25) is 10.0 Å². The van der Waals surface area contributed by atoms with E-state index in [2.05, 4.69) is 24.5 Å². The van der Waals surface area contributed by atoms with Gasteiger partial charge < -0.3 is 4.57 Å². The Bertz CT molecular complexity index is 1170. The van der Waals surface area contributed by atoms with E-state index >= 15 is 0 Å². The van der Waals surface area contributed by atoms with E-state index in [1.807, 2.05) is 23.1 Å². The lowest BCUT2D eigenvalue weighted by Crippen LogP contribution is -2.41. The number of thioether (sulfide) groups is 1. The summed E-state index contributed by atoms with van der Waals surface area (Å²) in [5, 5.41) is 1.99. The van der Waals surface area contributed by atoms with E-state index in [-0.39, 0.29) is 11.9 Å². The number of hydrogen-bond acceptors (Lipinski definition) is 3. The number of aliphatic imine (C=N–C) groups is 1. The largest absolute Gasteiger partial charge is 0.316 e. The molecule has 2 aromatic rings. The Labute approximate surface area is 222 Å². The van der Waals surface area contributed by atoms with Gasteiger partial charge in [-0.25, -0.2) is 0 Å². The fourth-order valence-electron chi connectivity index (χ4n) is 5.71. The van der Waals surface area contributed by atoms with Gasteiger partial charge in [-0.15, -0.1) is 0 Å². The Hall–Kier alpha value is -1.69. The molecule has 1 aromatic carbocycles. The Morgan fingerprint density at radius 1 is 1.00 bits per heavy atom. The number of aromatic nitrogens is 1. The van der Waals surface area contributed by atoms with Gasteiger partial charge in [0.2, 0.25) is 0 Å². The number of halogens is 2. The van der Waals surface area contributed by atoms with E-state index in [1.54, 1.807) is 17.8 Å². The van der Waals surface area contributed by atoms with Crippen molar-refractivity contribution in [3.05, 3.63) is 56.2 Å². The number of aryl methyl sites for hydroxylation is 1. The first kappa shape index (κ1) is 25.0. The van der Waals surface area contributed by atoms with E-state index < -0.39 is 0 Å². The molecule has 1 amide bonds. The van der Waals surface area contributed by atoms with Crippen molar-refractivity contribution in [3.8, 4) is 5.69 Å². The molecule has 7 heteroatoms. The molecule has 0 spiro atoms. The van der Waals surface area contributed by atoms with Crippen LogP contribution in [-0.4, -0.2) is 32.6 Å². The quantitative estimate of drug-likeness (QED) is 0.373. The first-order chi connectivity index (χ1) is 16.9. The highest BCUT2D eigenvalue weighted by molar-refractivity contribution is 8.18. The maximum absolute atomic E-state index is 13.7. The maximum Gasteiger partial charge on any atom is 0.267 e. The molecule has 2 aliphatic carbocycles. The Morgan fingerprint density at radius 2 is 1.69 bits per heavy atom. The van der Waals surface area contributed by atoms with Crippen LogP contribution in [0, 0.1) is 13.8 Å². The van der Waals surface area contributed by atoms with Crippen molar-refractivity contribution in [2.45, 2.75) is 90.1 Å². The normalized spacial score (nSPS) is 22.6. The third-order valence-corrected chi connectivity index (χ3v) is 9.38. The molecule has 3 aliphatic rings. The molecular weight excluding hydrogens is 497 g/mol. The molecule has 2 heterocycles. The average Bonchev–Trinajstić information content (AvgIpc) is 3.31. The predicted molar refractivity (Wildman–Crippen MR) is 149 cm³/mol. The predicted octanol–water partition coefficient (Wildman–Crippen LogP) is 8.34. The van der Waals surface area contributed by atoms with E-state index in [9.17, 15) is 4.79 Å². The number of carbonyl (C=O) groups excluding carboxylic acids is 1. The molecule has 4 nitrogen and oxygen atoms in total. The number of amidine groups is 1. The van der Waals surface area contributed by atoms with Crippen LogP contribution >= 0.6 is 35.0 Å². The molecule has 3 fully saturated rings. The second-order valence-electron chi connectivity index (χ2n) is 10.0. The van der Waals surface area contributed by atoms with Crippen molar-refractivity contribution in [3.63, 3.8) is 0 Å². The van der Waals surface area contributed by atoms with Crippen molar-refractivity contribution < 1.29 is 4.79 Å². The maximum atomic E-state index is 13.7. The lowest BCUT2D eigenvalue weighted by molar-refractivity contribution is -0.124. The lowest BCUT2D eigenvalue weighted by atomic mass is 9.94. The summed E-state index contributed by atoms with van der Waals surface area (Å²) in [6, 6.07) is 8.42. The van der Waals surface area contributed by atoms with Gasteiger partial charge in [-0.05, 0) is 81.1 Å². The number of benzene rings is 1. The van der Waals surface area contributed by atoms with Crippen molar-refractivity contribution in [2.24, 2.45) is 4.99 Å². The molecule has 1 aliphatic heterocycles. The second-order valence-corrected chi connectivity index (χ2v) is 11.8. The lowest BCUT2D eigenvalue weighted by Gasteiger charge is -2.31. The monoisotopic (exact) mass is 529 g/mol. The summed E-state index contributed by atoms with van der Waals surface area (Å²) < 4.78 is 2.11. The minimum Gasteiger partial charge on any atom is -0.316 e. The smallest absolute Gasteiger partial charge is 0.267 e. The summed E-state index contributed by atoms with van der Waals surface area (Å²) in [5.41, 5.74) is 3.97. The summed E-state index contributed by atoms with van der Waals surface area (Å²) in [5.74, 6) is 0.113. The SMILES string of the molecule is Cc1cc(C=C2SC(=NC3CCCCC3)N(C3CCCCC3)C2=O)c(C)n1-c1cccc(Cl)c1Cl. The van der Waals surface area contributed by atoms with Gasteiger partial charge in [-0.1, -0.05) is 67.8 Å². The highest BCUT2D eigenvalue weighted by Crippen LogP contribution is 2.39. The molecule has 35 heavy (non-hydrogen) atoms. The van der Waals surface area contributed by atoms with Gasteiger partial charge in [-0.3, -0.25) is 14.7 Å². The van der Waals surface area contributed by atoms with Crippen LogP contribution in [0.4, 0.5) is 0 Å². The second kappa shape index (κ2) is 10.7. The van der Waals surface area contributed by atoms with Crippen molar-refractivity contribution in [2.75, 3.05) is 0 Å². The summed E-state index contributed by atoms with van der Waals surface area (Å²) in [4.78, 5) is 21.7. The first-order valence-corrected chi connectivity index (χ1v) is 14.5. The minimum atomic E-state index is 0.113. The van der Waals surface area contributed by atoms with Crippen LogP contribution in [0.5, 0.6) is 0 Å². The van der Waals surface area contributed by atoms with Crippen LogP contribution in [0.25, 0.3) is 11.8 Å². The van der Waals surface area contributed by atoms with Gasteiger partial charge in [0.05, 0.1) is 26.7 Å². The van der Waals surface area contributed by atoms with Crippen molar-refractivity contribution in [1.29, 1.82) is 0 Å². The molecular formula is C28H33Cl2N3OS. The third kappa shape index (κ3) is 5.10. The zero-order chi connectivity index (χ0) is 24.5. The number of rotatable bonds is 4. The van der Waals surface area contributed by atoms with Gasteiger partial charge in [-0.2, -0.15) is 0 Å². The molecule has 0 bridgehead atoms. The topological polar surface area (TPSA) is 37.6 Å². The van der Waals surface area contributed by atoms with E-state index in [4.69, 9.17) is 28.2 Å². The van der Waals surface area contributed by atoms with E-state index in [0.717, 1.165) is 58.4 Å². The molecule has 0 N–H and O–H groups in total. The van der Waals surface area contributed by atoms with Gasteiger partial charge in [0.15, 0.2) is 5.17 Å². The Morgan fingerprint density at radius 3 is 2.40 bits per heavy atom. The average molecular weight is 531 g/mol. The number of hydrogen-bond donors (Lipinski definition) is 0. The standard InChI is InChI=1S/C28H33Cl2N3OS/c1-18-16-20(19(2)32(18)24-15-9-14-23(29)26(24)30)17-25-27(34)33(22-12-7-4-8-13-22)28(35-25)31-21-10-5-3-6-11-21/h9,14-17,21-22H,3-8,10-13H2,1-2H3. The minimum absolute atomic E-state index is 0.113. The number of carbonyl (C=O) groups is 1. The van der Waals surface area contributed by atoms with Gasteiger partial charge in [0.25, 0.3) is 5.91 Å². The van der Waals surface area contributed by atoms with E-state index in [1.165, 1.54) is 38.5 Å². The van der Waals surface area contributed by atoms with Crippen LogP contribution in [0.15, 0.2) is 34.2 Å². The molecule has 1 aromatic heterocycles. The van der Waals surface area contributed by atoms with Crippen LogP contribution < -0.4 is 0 Å². The fraction of sp³-hybridized carbons (Fsp3) is 0.500. The molecule has 0 radical (unpaired) electrons. The summed E-state index contributed by atoms with van der Waals surface area (Å²) in [6.07, 6.45) is 13.9. The fourth-order valence-corrected chi connectivity index (χ4v) is 7.20. The van der Waals surface area contributed by atoms with Gasteiger partial charge in [0, 0.05) is 17.4 Å². The summed E-state index contributed by atoms with van der Waals surface area (Å²) in [7, 11) is 0. The zero-order valence-corrected chi connectivity index (χ0v) is 22.9.